The molecule has 0 aliphatic heterocycles. The first-order valence-electron chi connectivity index (χ1n) is 4.79. The van der Waals surface area contributed by atoms with Gasteiger partial charge in [-0.15, -0.1) is 0 Å². The van der Waals surface area contributed by atoms with E-state index >= 15 is 0 Å². The van der Waals surface area contributed by atoms with Crippen molar-refractivity contribution in [2.75, 3.05) is 0 Å². The Balaban J connectivity index is 4.29. The first kappa shape index (κ1) is 13.4. The zero-order valence-electron chi connectivity index (χ0n) is 9.53. The van der Waals surface area contributed by atoms with E-state index < -0.39 is 15.3 Å². The Morgan fingerprint density at radius 2 is 1.79 bits per heavy atom. The number of nitrogens with zero attached hydrogens (tertiary/aromatic N) is 1. The summed E-state index contributed by atoms with van der Waals surface area (Å²) >= 11 is 0. The highest BCUT2D eigenvalue weighted by Crippen LogP contribution is 2.01. The minimum atomic E-state index is -3.27. The van der Waals surface area contributed by atoms with Gasteiger partial charge in [-0.3, -0.25) is 0 Å². The van der Waals surface area contributed by atoms with Crippen molar-refractivity contribution in [1.29, 1.82) is 0 Å². The van der Waals surface area contributed by atoms with Gasteiger partial charge in [-0.1, -0.05) is 13.8 Å². The van der Waals surface area contributed by atoms with Gasteiger partial charge in [-0.2, -0.15) is 5.10 Å². The van der Waals surface area contributed by atoms with Crippen LogP contribution in [0.25, 0.3) is 0 Å². The van der Waals surface area contributed by atoms with E-state index in [2.05, 4.69) is 23.8 Å². The fraction of sp³-hybridized carbons (Fsp3) is 0.889. The molecule has 0 spiro atoms. The quantitative estimate of drug-likeness (QED) is 0.566. The van der Waals surface area contributed by atoms with E-state index in [1.54, 1.807) is 13.8 Å². The van der Waals surface area contributed by atoms with Gasteiger partial charge in [0.25, 0.3) is 0 Å². The second-order valence-electron chi connectivity index (χ2n) is 4.13. The van der Waals surface area contributed by atoms with E-state index in [1.807, 2.05) is 6.92 Å². The van der Waals surface area contributed by atoms with Crippen molar-refractivity contribution in [3.8, 4) is 0 Å². The Morgan fingerprint density at radius 3 is 2.14 bits per heavy atom. The SMILES string of the molecule is CC(CC(C)C)=NNS(=O)(=O)C(C)C. The molecule has 84 valence electrons. The Kier molecular flexibility index (Phi) is 5.12. The summed E-state index contributed by atoms with van der Waals surface area (Å²) in [5, 5.41) is 3.39. The molecule has 5 heteroatoms. The van der Waals surface area contributed by atoms with Crippen LogP contribution in [0, 0.1) is 5.92 Å². The molecule has 0 unspecified atom stereocenters. The number of rotatable bonds is 5. The minimum absolute atomic E-state index is 0.446. The molecule has 1 N–H and O–H groups in total. The maximum Gasteiger partial charge on any atom is 0.249 e. The van der Waals surface area contributed by atoms with Gasteiger partial charge in [0.2, 0.25) is 10.0 Å². The van der Waals surface area contributed by atoms with Crippen molar-refractivity contribution >= 4 is 15.7 Å². The van der Waals surface area contributed by atoms with Crippen LogP contribution in [-0.4, -0.2) is 19.4 Å². The maximum absolute atomic E-state index is 11.3. The fourth-order valence-corrected chi connectivity index (χ4v) is 1.38. The Hall–Kier alpha value is -0.580. The molecule has 0 aromatic heterocycles. The third-order valence-corrected chi connectivity index (χ3v) is 3.27. The van der Waals surface area contributed by atoms with E-state index in [9.17, 15) is 8.42 Å². The summed E-state index contributed by atoms with van der Waals surface area (Å²) in [7, 11) is -3.27. The number of sulfonamides is 1. The monoisotopic (exact) mass is 220 g/mol. The average molecular weight is 220 g/mol. The van der Waals surface area contributed by atoms with Gasteiger partial charge >= 0.3 is 0 Å². The van der Waals surface area contributed by atoms with Crippen LogP contribution in [0.5, 0.6) is 0 Å². The Morgan fingerprint density at radius 1 is 1.29 bits per heavy atom. The Bertz CT molecular complexity index is 292. The van der Waals surface area contributed by atoms with Gasteiger partial charge in [0.05, 0.1) is 5.25 Å². The average Bonchev–Trinajstić information content (AvgIpc) is 1.99. The molecule has 0 heterocycles. The summed E-state index contributed by atoms with van der Waals surface area (Å²) in [5.74, 6) is 0.488. The molecule has 0 saturated heterocycles. The summed E-state index contributed by atoms with van der Waals surface area (Å²) in [4.78, 5) is 2.22. The molecule has 0 atom stereocenters. The van der Waals surface area contributed by atoms with Crippen molar-refractivity contribution in [2.24, 2.45) is 11.0 Å². The lowest BCUT2D eigenvalue weighted by Gasteiger charge is -2.08. The second-order valence-corrected chi connectivity index (χ2v) is 6.35. The van der Waals surface area contributed by atoms with Gasteiger partial charge in [-0.25, -0.2) is 13.2 Å². The number of nitrogens with one attached hydrogen (secondary N) is 1. The number of hydrogen-bond donors (Lipinski definition) is 1. The van der Waals surface area contributed by atoms with Crippen molar-refractivity contribution < 1.29 is 8.42 Å². The van der Waals surface area contributed by atoms with E-state index in [4.69, 9.17) is 0 Å². The molecule has 0 saturated carbocycles. The van der Waals surface area contributed by atoms with Crippen LogP contribution in [0.2, 0.25) is 0 Å². The summed E-state index contributed by atoms with van der Waals surface area (Å²) in [5.41, 5.74) is 0.809. The summed E-state index contributed by atoms with van der Waals surface area (Å²) in [6.45, 7) is 9.19. The Labute approximate surface area is 86.8 Å². The minimum Gasteiger partial charge on any atom is -0.205 e. The third-order valence-electron chi connectivity index (χ3n) is 1.69. The van der Waals surface area contributed by atoms with Gasteiger partial charge < -0.3 is 0 Å². The second kappa shape index (κ2) is 5.34. The molecule has 0 rings (SSSR count). The first-order chi connectivity index (χ1) is 6.25. The molecule has 0 radical (unpaired) electrons. The fourth-order valence-electron chi connectivity index (χ4n) is 0.883. The summed E-state index contributed by atoms with van der Waals surface area (Å²) in [6.07, 6.45) is 0.806. The van der Waals surface area contributed by atoms with Crippen LogP contribution in [-0.2, 0) is 10.0 Å². The molecule has 4 nitrogen and oxygen atoms in total. The summed E-state index contributed by atoms with van der Waals surface area (Å²) < 4.78 is 22.6. The molecule has 0 fully saturated rings. The largest absolute Gasteiger partial charge is 0.249 e. The van der Waals surface area contributed by atoms with Crippen LogP contribution < -0.4 is 4.83 Å². The standard InChI is InChI=1S/C9H20N2O2S/c1-7(2)6-9(5)10-11-14(12,13)8(3)4/h7-8,11H,6H2,1-5H3. The van der Waals surface area contributed by atoms with Crippen LogP contribution in [0.15, 0.2) is 5.10 Å². The molecule has 0 bridgehead atoms. The van der Waals surface area contributed by atoms with Crippen molar-refractivity contribution in [3.63, 3.8) is 0 Å². The van der Waals surface area contributed by atoms with Crippen molar-refractivity contribution in [3.05, 3.63) is 0 Å². The molecule has 0 aliphatic rings. The molecular weight excluding hydrogens is 200 g/mol. The maximum atomic E-state index is 11.3. The third kappa shape index (κ3) is 5.21. The van der Waals surface area contributed by atoms with Crippen molar-refractivity contribution in [2.45, 2.75) is 46.3 Å². The number of hydrazone groups is 1. The molecule has 0 aromatic rings. The molecule has 14 heavy (non-hydrogen) atoms. The normalized spacial score (nSPS) is 13.8. The van der Waals surface area contributed by atoms with E-state index in [1.165, 1.54) is 0 Å². The highest BCUT2D eigenvalue weighted by atomic mass is 32.2. The highest BCUT2D eigenvalue weighted by molar-refractivity contribution is 7.90. The lowest BCUT2D eigenvalue weighted by atomic mass is 10.1. The van der Waals surface area contributed by atoms with Gasteiger partial charge in [0.1, 0.15) is 0 Å². The predicted molar refractivity (Wildman–Crippen MR) is 59.8 cm³/mol. The molecule has 0 amide bonds. The molecule has 0 aromatic carbocycles. The smallest absolute Gasteiger partial charge is 0.205 e. The number of hydrogen-bond acceptors (Lipinski definition) is 3. The topological polar surface area (TPSA) is 58.5 Å². The van der Waals surface area contributed by atoms with Gasteiger partial charge in [-0.05, 0) is 33.1 Å². The van der Waals surface area contributed by atoms with E-state index in [-0.39, 0.29) is 0 Å². The predicted octanol–water partition coefficient (Wildman–Crippen LogP) is 1.74. The lowest BCUT2D eigenvalue weighted by Crippen LogP contribution is -2.27. The zero-order valence-corrected chi connectivity index (χ0v) is 10.4. The van der Waals surface area contributed by atoms with E-state index in [0.29, 0.717) is 5.92 Å². The highest BCUT2D eigenvalue weighted by Gasteiger charge is 2.13. The van der Waals surface area contributed by atoms with Crippen LogP contribution in [0.3, 0.4) is 0 Å². The first-order valence-corrected chi connectivity index (χ1v) is 6.34. The van der Waals surface area contributed by atoms with Crippen LogP contribution in [0.1, 0.15) is 41.0 Å². The lowest BCUT2D eigenvalue weighted by molar-refractivity contribution is 0.574. The van der Waals surface area contributed by atoms with Gasteiger partial charge in [0, 0.05) is 5.71 Å². The van der Waals surface area contributed by atoms with E-state index in [0.717, 1.165) is 12.1 Å². The van der Waals surface area contributed by atoms with Crippen molar-refractivity contribution in [1.82, 2.24) is 4.83 Å². The molecule has 0 aliphatic carbocycles. The van der Waals surface area contributed by atoms with Gasteiger partial charge in [0.15, 0.2) is 0 Å². The molecular formula is C9H20N2O2S. The summed E-state index contributed by atoms with van der Waals surface area (Å²) in [6, 6.07) is 0. The van der Waals surface area contributed by atoms with Crippen LogP contribution in [0.4, 0.5) is 0 Å². The zero-order chi connectivity index (χ0) is 11.4. The van der Waals surface area contributed by atoms with Crippen LogP contribution >= 0.6 is 0 Å².